The summed E-state index contributed by atoms with van der Waals surface area (Å²) >= 11 is 1.11. The zero-order valence-electron chi connectivity index (χ0n) is 23.5. The molecule has 0 spiro atoms. The van der Waals surface area contributed by atoms with Gasteiger partial charge in [0.2, 0.25) is 5.91 Å². The van der Waals surface area contributed by atoms with Gasteiger partial charge >= 0.3 is 0 Å². The fourth-order valence-corrected chi connectivity index (χ4v) is 11.7. The first-order chi connectivity index (χ1) is 20.0. The van der Waals surface area contributed by atoms with E-state index in [9.17, 15) is 33.3 Å². The van der Waals surface area contributed by atoms with Crippen LogP contribution in [0.3, 0.4) is 0 Å². The Labute approximate surface area is 249 Å². The maximum Gasteiger partial charge on any atom is 0.265 e. The van der Waals surface area contributed by atoms with Crippen molar-refractivity contribution in [2.24, 2.45) is 16.7 Å². The number of amides is 1. The summed E-state index contributed by atoms with van der Waals surface area (Å²) in [7, 11) is -3.97. The zero-order valence-corrected chi connectivity index (χ0v) is 25.2. The molecule has 0 radical (unpaired) electrons. The van der Waals surface area contributed by atoms with E-state index in [1.54, 1.807) is 12.1 Å². The third-order valence-corrected chi connectivity index (χ3v) is 13.9. The highest BCUT2D eigenvalue weighted by molar-refractivity contribution is 8.04. The number of carbonyl (C=O) groups is 2. The number of carboxylic acids is 1. The van der Waals surface area contributed by atoms with Crippen molar-refractivity contribution >= 4 is 50.1 Å². The fourth-order valence-electron chi connectivity index (χ4n) is 8.34. The molecule has 2 aromatic carbocycles. The van der Waals surface area contributed by atoms with Crippen LogP contribution in [0.1, 0.15) is 63.9 Å². The van der Waals surface area contributed by atoms with E-state index >= 15 is 0 Å². The second-order valence-electron chi connectivity index (χ2n) is 13.0. The van der Waals surface area contributed by atoms with Gasteiger partial charge in [-0.15, -0.1) is 0 Å². The first-order valence-corrected chi connectivity index (χ1v) is 17.1. The van der Waals surface area contributed by atoms with Crippen LogP contribution in [0.4, 0.5) is 5.69 Å². The smallest absolute Gasteiger partial charge is 0.265 e. The number of aliphatic hydroxyl groups is 2. The number of rotatable bonds is 9. The van der Waals surface area contributed by atoms with Crippen molar-refractivity contribution in [1.29, 1.82) is 0 Å². The van der Waals surface area contributed by atoms with Crippen molar-refractivity contribution in [3.8, 4) is 0 Å². The van der Waals surface area contributed by atoms with E-state index in [0.29, 0.717) is 16.5 Å². The van der Waals surface area contributed by atoms with Gasteiger partial charge in [-0.3, -0.25) is 14.0 Å². The molecule has 3 heterocycles. The summed E-state index contributed by atoms with van der Waals surface area (Å²) in [6.07, 6.45) is 8.87. The number of fused-ring (bicyclic) bond motifs is 4. The molecule has 1 saturated heterocycles. The minimum Gasteiger partial charge on any atom is -0.543 e. The van der Waals surface area contributed by atoms with Gasteiger partial charge in [0.25, 0.3) is 10.0 Å². The molecule has 3 aliphatic carbocycles. The van der Waals surface area contributed by atoms with Crippen LogP contribution < -0.4 is 9.41 Å². The van der Waals surface area contributed by atoms with Gasteiger partial charge in [-0.2, -0.15) is 0 Å². The van der Waals surface area contributed by atoms with Gasteiger partial charge in [-0.25, -0.2) is 8.42 Å². The highest BCUT2D eigenvalue weighted by atomic mass is 32.2. The number of hydrogen-bond acceptors (Lipinski definition) is 8. The summed E-state index contributed by atoms with van der Waals surface area (Å²) < 4.78 is 29.0. The Bertz CT molecular complexity index is 1630. The third kappa shape index (κ3) is 3.99. The Kier molecular flexibility index (Phi) is 6.51. The Morgan fingerprint density at radius 3 is 2.45 bits per heavy atom. The summed E-state index contributed by atoms with van der Waals surface area (Å²) in [5.74, 6) is -2.78. The number of aliphatic hydroxyl groups excluding tert-OH is 2. The number of β-lactam (4-membered cyclic amide) rings is 1. The molecule has 6 aliphatic rings. The molecule has 2 bridgehead atoms. The zero-order chi connectivity index (χ0) is 29.6. The lowest BCUT2D eigenvalue weighted by molar-refractivity contribution is -0.301. The monoisotopic (exact) mass is 611 g/mol. The quantitative estimate of drug-likeness (QED) is 0.413. The molecular weight excluding hydrogens is 576 g/mol. The van der Waals surface area contributed by atoms with Gasteiger partial charge in [-0.05, 0) is 98.6 Å². The predicted molar refractivity (Wildman–Crippen MR) is 157 cm³/mol. The minimum atomic E-state index is -3.97. The van der Waals surface area contributed by atoms with Crippen LogP contribution >= 0.6 is 11.8 Å². The Morgan fingerprint density at radius 2 is 1.81 bits per heavy atom. The van der Waals surface area contributed by atoms with Gasteiger partial charge in [0.15, 0.2) is 0 Å². The molecule has 3 atom stereocenters. The summed E-state index contributed by atoms with van der Waals surface area (Å²) in [5, 5.41) is 32.5. The second kappa shape index (κ2) is 9.70. The second-order valence-corrected chi connectivity index (χ2v) is 16.0. The summed E-state index contributed by atoms with van der Waals surface area (Å²) in [5.41, 5.74) is 1.91. The number of carbonyl (C=O) groups excluding carboxylic acids is 2. The molecule has 3 unspecified atom stereocenters. The van der Waals surface area contributed by atoms with E-state index in [-0.39, 0.29) is 34.1 Å². The topological polar surface area (TPSA) is 138 Å². The average molecular weight is 612 g/mol. The number of anilines is 1. The molecule has 1 amide bonds. The van der Waals surface area contributed by atoms with Gasteiger partial charge in [0, 0.05) is 16.9 Å². The van der Waals surface area contributed by atoms with E-state index in [0.717, 1.165) is 66.1 Å². The van der Waals surface area contributed by atoms with Crippen LogP contribution in [0.15, 0.2) is 45.8 Å². The van der Waals surface area contributed by atoms with Crippen LogP contribution in [-0.2, 0) is 26.0 Å². The Balaban J connectivity index is 1.20. The largest absolute Gasteiger partial charge is 0.543 e. The van der Waals surface area contributed by atoms with Gasteiger partial charge < -0.3 is 20.1 Å². The molecule has 42 heavy (non-hydrogen) atoms. The lowest BCUT2D eigenvalue weighted by Crippen LogP contribution is -2.61. The van der Waals surface area contributed by atoms with Crippen LogP contribution in [0.5, 0.6) is 0 Å². The molecule has 3 saturated carbocycles. The van der Waals surface area contributed by atoms with Gasteiger partial charge in [0.1, 0.15) is 5.37 Å². The normalized spacial score (nSPS) is 31.5. The molecule has 4 fully saturated rings. The first kappa shape index (κ1) is 28.2. The van der Waals surface area contributed by atoms with Crippen molar-refractivity contribution in [3.63, 3.8) is 0 Å². The highest BCUT2D eigenvalue weighted by Gasteiger charge is 2.57. The number of nitrogens with zero attached hydrogens (tertiary/aromatic N) is 2. The maximum atomic E-state index is 13.9. The maximum absolute atomic E-state index is 13.9. The van der Waals surface area contributed by atoms with Crippen molar-refractivity contribution in [2.45, 2.75) is 81.1 Å². The highest BCUT2D eigenvalue weighted by Crippen LogP contribution is 2.60. The number of benzene rings is 2. The summed E-state index contributed by atoms with van der Waals surface area (Å²) in [6.45, 7) is 1.51. The van der Waals surface area contributed by atoms with Gasteiger partial charge in [-0.1, -0.05) is 30.0 Å². The molecule has 2 N–H and O–H groups in total. The average Bonchev–Trinajstić information content (AvgIpc) is 3.40. The van der Waals surface area contributed by atoms with E-state index in [4.69, 9.17) is 0 Å². The summed E-state index contributed by atoms with van der Waals surface area (Å²) in [6, 6.07) is 9.24. The van der Waals surface area contributed by atoms with E-state index in [2.05, 4.69) is 0 Å². The van der Waals surface area contributed by atoms with Crippen LogP contribution in [-0.4, -0.2) is 60.0 Å². The van der Waals surface area contributed by atoms with E-state index in [1.165, 1.54) is 30.5 Å². The number of sulfonamides is 1. The minimum absolute atomic E-state index is 0.202. The van der Waals surface area contributed by atoms with Crippen LogP contribution in [0.2, 0.25) is 0 Å². The SMILES string of the molecule is CC(O)C1C(=O)N2C(C(=O)[O-])=C(CN3c4ccc(CC56CCC(CCCO)(CC5)CC6)c5cccc(c45)S3(=O)=O)SC12. The van der Waals surface area contributed by atoms with Crippen molar-refractivity contribution < 1.29 is 33.3 Å². The summed E-state index contributed by atoms with van der Waals surface area (Å²) in [4.78, 5) is 26.3. The number of hydrogen-bond donors (Lipinski definition) is 2. The standard InChI is InChI=1S/C31H36N2O7S2/c1-18(35)24-27(36)33-26(29(37)38)22(41-28(24)33)17-32-21-7-6-19(20-4-2-5-23(25(20)21)42(32,39)40)16-31-12-9-30(10-13-31,11-14-31)8-3-15-34/h2,4-7,18,24,28,34-35H,3,8-17H2,1H3,(H,37,38)/p-1. The predicted octanol–water partition coefficient (Wildman–Crippen LogP) is 2.88. The molecule has 9 nitrogen and oxygen atoms in total. The van der Waals surface area contributed by atoms with E-state index in [1.807, 2.05) is 18.2 Å². The third-order valence-electron chi connectivity index (χ3n) is 10.7. The number of aliphatic carboxylic acids is 1. The van der Waals surface area contributed by atoms with Crippen molar-refractivity contribution in [2.75, 3.05) is 17.5 Å². The lowest BCUT2D eigenvalue weighted by Gasteiger charge is -2.54. The fraction of sp³-hybridized carbons (Fsp3) is 0.548. The molecule has 11 heteroatoms. The van der Waals surface area contributed by atoms with Crippen LogP contribution in [0.25, 0.3) is 10.8 Å². The van der Waals surface area contributed by atoms with Crippen molar-refractivity contribution in [3.05, 3.63) is 46.5 Å². The molecule has 3 aliphatic heterocycles. The molecule has 8 rings (SSSR count). The van der Waals surface area contributed by atoms with E-state index < -0.39 is 39.3 Å². The molecular formula is C31H35N2O7S2-. The Hall–Kier alpha value is -2.60. The number of carboxylic acid groups (broad SMARTS) is 1. The van der Waals surface area contributed by atoms with Gasteiger partial charge in [0.05, 0.1) is 40.8 Å². The Morgan fingerprint density at radius 1 is 1.12 bits per heavy atom. The molecule has 224 valence electrons. The van der Waals surface area contributed by atoms with Crippen LogP contribution in [0, 0.1) is 16.7 Å². The lowest BCUT2D eigenvalue weighted by atomic mass is 9.51. The molecule has 2 aromatic rings. The first-order valence-electron chi connectivity index (χ1n) is 14.8. The van der Waals surface area contributed by atoms with Crippen molar-refractivity contribution in [1.82, 2.24) is 4.90 Å². The number of thioether (sulfide) groups is 1. The molecule has 0 aromatic heterocycles.